The van der Waals surface area contributed by atoms with Crippen LogP contribution in [0.4, 0.5) is 5.69 Å². The van der Waals surface area contributed by atoms with E-state index >= 15 is 0 Å². The molecule has 0 saturated heterocycles. The van der Waals surface area contributed by atoms with Crippen LogP contribution in [-0.4, -0.2) is 26.6 Å². The zero-order chi connectivity index (χ0) is 20.2. The van der Waals surface area contributed by atoms with Gasteiger partial charge >= 0.3 is 0 Å². The highest BCUT2D eigenvalue weighted by atomic mass is 32.2. The molecule has 4 rings (SSSR count). The molecule has 146 valence electrons. The van der Waals surface area contributed by atoms with Crippen LogP contribution in [0.5, 0.6) is 5.88 Å². The molecule has 4 aromatic rings. The molecule has 2 aromatic carbocycles. The number of imidazole rings is 1. The number of rotatable bonds is 7. The Hall–Kier alpha value is -3.39. The van der Waals surface area contributed by atoms with Gasteiger partial charge in [-0.05, 0) is 23.3 Å². The Kier molecular flexibility index (Phi) is 5.44. The SMILES string of the molecule is COc1c(Cc2ccccc2)nc2ccc(SCc3cccc([N+](=O)[O-])c3)nn12. The van der Waals surface area contributed by atoms with Crippen molar-refractivity contribution in [1.29, 1.82) is 0 Å². The summed E-state index contributed by atoms with van der Waals surface area (Å²) < 4.78 is 7.29. The molecule has 0 fully saturated rings. The van der Waals surface area contributed by atoms with Crippen molar-refractivity contribution in [3.63, 3.8) is 0 Å². The van der Waals surface area contributed by atoms with Crippen molar-refractivity contribution in [2.45, 2.75) is 17.2 Å². The predicted molar refractivity (Wildman–Crippen MR) is 111 cm³/mol. The number of nitro groups is 1. The lowest BCUT2D eigenvalue weighted by Crippen LogP contribution is -1.99. The highest BCUT2D eigenvalue weighted by Gasteiger charge is 2.15. The topological polar surface area (TPSA) is 82.6 Å². The van der Waals surface area contributed by atoms with E-state index in [1.165, 1.54) is 17.8 Å². The molecule has 0 saturated carbocycles. The number of thioether (sulfide) groups is 1. The van der Waals surface area contributed by atoms with Gasteiger partial charge in [0.15, 0.2) is 5.65 Å². The van der Waals surface area contributed by atoms with Gasteiger partial charge in [-0.1, -0.05) is 54.2 Å². The van der Waals surface area contributed by atoms with E-state index in [0.29, 0.717) is 23.7 Å². The van der Waals surface area contributed by atoms with E-state index in [-0.39, 0.29) is 10.6 Å². The number of fused-ring (bicyclic) bond motifs is 1. The predicted octanol–water partition coefficient (Wildman–Crippen LogP) is 4.53. The van der Waals surface area contributed by atoms with Gasteiger partial charge in [-0.15, -0.1) is 0 Å². The van der Waals surface area contributed by atoms with Crippen molar-refractivity contribution in [3.05, 3.63) is 93.7 Å². The minimum atomic E-state index is -0.386. The van der Waals surface area contributed by atoms with Crippen LogP contribution in [0.25, 0.3) is 5.65 Å². The zero-order valence-corrected chi connectivity index (χ0v) is 16.5. The normalized spacial score (nSPS) is 10.9. The Labute approximate surface area is 171 Å². The molecule has 0 bridgehead atoms. The molecule has 0 amide bonds. The molecule has 0 atom stereocenters. The average Bonchev–Trinajstić information content (AvgIpc) is 3.09. The molecule has 0 aliphatic heterocycles. The van der Waals surface area contributed by atoms with Gasteiger partial charge in [0.25, 0.3) is 5.69 Å². The van der Waals surface area contributed by atoms with Crippen molar-refractivity contribution >= 4 is 23.1 Å². The summed E-state index contributed by atoms with van der Waals surface area (Å²) >= 11 is 1.50. The Bertz CT molecular complexity index is 1160. The summed E-state index contributed by atoms with van der Waals surface area (Å²) in [7, 11) is 1.61. The molecule has 7 nitrogen and oxygen atoms in total. The third kappa shape index (κ3) is 4.22. The largest absolute Gasteiger partial charge is 0.480 e. The van der Waals surface area contributed by atoms with Crippen molar-refractivity contribution in [2.24, 2.45) is 0 Å². The highest BCUT2D eigenvalue weighted by molar-refractivity contribution is 7.98. The highest BCUT2D eigenvalue weighted by Crippen LogP contribution is 2.27. The first kappa shape index (κ1) is 18.9. The summed E-state index contributed by atoms with van der Waals surface area (Å²) in [6.07, 6.45) is 0.656. The Balaban J connectivity index is 1.57. The van der Waals surface area contributed by atoms with Crippen LogP contribution in [0.15, 0.2) is 71.8 Å². The lowest BCUT2D eigenvalue weighted by molar-refractivity contribution is -0.384. The Morgan fingerprint density at radius 1 is 1.07 bits per heavy atom. The summed E-state index contributed by atoms with van der Waals surface area (Å²) in [5.74, 6) is 1.19. The molecule has 2 heterocycles. The van der Waals surface area contributed by atoms with Gasteiger partial charge in [-0.25, -0.2) is 4.98 Å². The first-order valence-corrected chi connectivity index (χ1v) is 9.95. The van der Waals surface area contributed by atoms with Gasteiger partial charge in [0, 0.05) is 24.3 Å². The molecule has 8 heteroatoms. The molecular weight excluding hydrogens is 388 g/mol. The monoisotopic (exact) mass is 406 g/mol. The molecule has 29 heavy (non-hydrogen) atoms. The fourth-order valence-electron chi connectivity index (χ4n) is 3.04. The van der Waals surface area contributed by atoms with E-state index in [1.54, 1.807) is 23.8 Å². The lowest BCUT2D eigenvalue weighted by atomic mass is 10.1. The molecule has 0 radical (unpaired) electrons. The second-order valence-corrected chi connectivity index (χ2v) is 7.38. The summed E-state index contributed by atoms with van der Waals surface area (Å²) in [6.45, 7) is 0. The van der Waals surface area contributed by atoms with Crippen LogP contribution in [-0.2, 0) is 12.2 Å². The molecule has 2 aromatic heterocycles. The van der Waals surface area contributed by atoms with Gasteiger partial charge in [0.1, 0.15) is 10.7 Å². The first-order chi connectivity index (χ1) is 14.1. The first-order valence-electron chi connectivity index (χ1n) is 8.97. The Morgan fingerprint density at radius 2 is 1.86 bits per heavy atom. The molecular formula is C21H18N4O3S. The molecule has 0 aliphatic rings. The van der Waals surface area contributed by atoms with Crippen molar-refractivity contribution < 1.29 is 9.66 Å². The summed E-state index contributed by atoms with van der Waals surface area (Å²) in [5.41, 5.74) is 3.65. The van der Waals surface area contributed by atoms with Crippen LogP contribution < -0.4 is 4.74 Å². The molecule has 0 aliphatic carbocycles. The van der Waals surface area contributed by atoms with Crippen molar-refractivity contribution in [2.75, 3.05) is 7.11 Å². The van der Waals surface area contributed by atoms with Crippen LogP contribution in [0.3, 0.4) is 0 Å². The van der Waals surface area contributed by atoms with Crippen LogP contribution in [0, 0.1) is 10.1 Å². The number of nitro benzene ring substituents is 1. The minimum Gasteiger partial charge on any atom is -0.480 e. The third-order valence-electron chi connectivity index (χ3n) is 4.40. The number of non-ortho nitro benzene ring substituents is 1. The van der Waals surface area contributed by atoms with Gasteiger partial charge in [-0.2, -0.15) is 9.61 Å². The van der Waals surface area contributed by atoms with E-state index in [4.69, 9.17) is 4.74 Å². The number of hydrogen-bond acceptors (Lipinski definition) is 6. The van der Waals surface area contributed by atoms with E-state index in [0.717, 1.165) is 21.8 Å². The second kappa shape index (κ2) is 8.32. The number of benzene rings is 2. The van der Waals surface area contributed by atoms with Gasteiger partial charge < -0.3 is 4.74 Å². The fraction of sp³-hybridized carbons (Fsp3) is 0.143. The van der Waals surface area contributed by atoms with Crippen LogP contribution in [0.1, 0.15) is 16.8 Å². The standard InChI is InChI=1S/C21H18N4O3S/c1-28-21-18(13-15-6-3-2-4-7-15)22-19-10-11-20(23-24(19)21)29-14-16-8-5-9-17(12-16)25(26)27/h2-12H,13-14H2,1H3. The summed E-state index contributed by atoms with van der Waals surface area (Å²) in [5, 5.41) is 16.4. The van der Waals surface area contributed by atoms with Crippen molar-refractivity contribution in [3.8, 4) is 5.88 Å². The third-order valence-corrected chi connectivity index (χ3v) is 5.39. The van der Waals surface area contributed by atoms with Crippen LogP contribution >= 0.6 is 11.8 Å². The van der Waals surface area contributed by atoms with E-state index < -0.39 is 0 Å². The quantitative estimate of drug-likeness (QED) is 0.255. The van der Waals surface area contributed by atoms with E-state index in [1.807, 2.05) is 36.4 Å². The maximum atomic E-state index is 10.9. The maximum Gasteiger partial charge on any atom is 0.269 e. The van der Waals surface area contributed by atoms with Gasteiger partial charge in [0.05, 0.1) is 12.0 Å². The number of aromatic nitrogens is 3. The smallest absolute Gasteiger partial charge is 0.269 e. The number of nitrogens with zero attached hydrogens (tertiary/aromatic N) is 4. The van der Waals surface area contributed by atoms with Crippen molar-refractivity contribution in [1.82, 2.24) is 14.6 Å². The van der Waals surface area contributed by atoms with Crippen LogP contribution in [0.2, 0.25) is 0 Å². The molecule has 0 unspecified atom stereocenters. The number of ether oxygens (including phenoxy) is 1. The molecule has 0 spiro atoms. The molecule has 0 N–H and O–H groups in total. The average molecular weight is 406 g/mol. The van der Waals surface area contributed by atoms with Gasteiger partial charge in [0.2, 0.25) is 5.88 Å². The Morgan fingerprint density at radius 3 is 2.62 bits per heavy atom. The number of methoxy groups -OCH3 is 1. The zero-order valence-electron chi connectivity index (χ0n) is 15.7. The van der Waals surface area contributed by atoms with Gasteiger partial charge in [-0.3, -0.25) is 10.1 Å². The maximum absolute atomic E-state index is 10.9. The fourth-order valence-corrected chi connectivity index (χ4v) is 3.84. The summed E-state index contributed by atoms with van der Waals surface area (Å²) in [6, 6.07) is 20.5. The number of hydrogen-bond donors (Lipinski definition) is 0. The lowest BCUT2D eigenvalue weighted by Gasteiger charge is -2.05. The van der Waals surface area contributed by atoms with E-state index in [2.05, 4.69) is 22.2 Å². The van der Waals surface area contributed by atoms with E-state index in [9.17, 15) is 10.1 Å². The second-order valence-electron chi connectivity index (χ2n) is 6.39. The minimum absolute atomic E-state index is 0.0911. The summed E-state index contributed by atoms with van der Waals surface area (Å²) in [4.78, 5) is 15.2.